The molecule has 1 unspecified atom stereocenters. The van der Waals surface area contributed by atoms with Crippen LogP contribution < -0.4 is 5.32 Å². The van der Waals surface area contributed by atoms with E-state index in [0.29, 0.717) is 6.54 Å². The largest absolute Gasteiger partial charge is 0.316 e. The molecule has 21 heavy (non-hydrogen) atoms. The smallest absolute Gasteiger partial charge is 0.239 e. The SMILES string of the molecule is Cc1sc(NC(=O)CN2CCS(=O)(=O)CC2C)c(C)c1C. The average molecular weight is 330 g/mol. The van der Waals surface area contributed by atoms with Gasteiger partial charge in [0.15, 0.2) is 9.84 Å². The zero-order chi connectivity index (χ0) is 15.8. The van der Waals surface area contributed by atoms with Crippen LogP contribution in [0.5, 0.6) is 0 Å². The second-order valence-corrected chi connectivity index (χ2v) is 9.17. The van der Waals surface area contributed by atoms with E-state index in [4.69, 9.17) is 0 Å². The van der Waals surface area contributed by atoms with Gasteiger partial charge >= 0.3 is 0 Å². The molecule has 2 heterocycles. The Morgan fingerprint density at radius 1 is 1.33 bits per heavy atom. The molecule has 1 aliphatic heterocycles. The van der Waals surface area contributed by atoms with Gasteiger partial charge in [0.05, 0.1) is 23.1 Å². The van der Waals surface area contributed by atoms with Crippen molar-refractivity contribution in [2.24, 2.45) is 0 Å². The Hall–Kier alpha value is -0.920. The maximum Gasteiger partial charge on any atom is 0.239 e. The fraction of sp³-hybridized carbons (Fsp3) is 0.643. The number of thiophene rings is 1. The normalized spacial score (nSPS) is 22.2. The molecular formula is C14H22N2O3S2. The molecule has 0 aromatic carbocycles. The first-order valence-corrected chi connectivity index (χ1v) is 9.64. The van der Waals surface area contributed by atoms with E-state index in [-0.39, 0.29) is 30.0 Å². The van der Waals surface area contributed by atoms with Gasteiger partial charge < -0.3 is 5.32 Å². The summed E-state index contributed by atoms with van der Waals surface area (Å²) in [5.74, 6) is 0.197. The molecule has 0 aliphatic carbocycles. The third-order valence-electron chi connectivity index (χ3n) is 4.09. The van der Waals surface area contributed by atoms with Crippen LogP contribution in [0.4, 0.5) is 5.00 Å². The summed E-state index contributed by atoms with van der Waals surface area (Å²) in [5, 5.41) is 3.84. The second-order valence-electron chi connectivity index (χ2n) is 5.72. The number of nitrogens with one attached hydrogen (secondary N) is 1. The molecule has 1 aromatic rings. The Balaban J connectivity index is 1.97. The summed E-state index contributed by atoms with van der Waals surface area (Å²) in [6.07, 6.45) is 0. The number of carbonyl (C=O) groups excluding carboxylic acids is 1. The lowest BCUT2D eigenvalue weighted by molar-refractivity contribution is -0.117. The maximum atomic E-state index is 12.2. The number of nitrogens with zero attached hydrogens (tertiary/aromatic N) is 1. The number of hydrogen-bond acceptors (Lipinski definition) is 5. The zero-order valence-corrected chi connectivity index (χ0v) is 14.5. The molecule has 0 spiro atoms. The van der Waals surface area contributed by atoms with Crippen molar-refractivity contribution < 1.29 is 13.2 Å². The fourth-order valence-electron chi connectivity index (χ4n) is 2.48. The van der Waals surface area contributed by atoms with Gasteiger partial charge in [-0.05, 0) is 38.8 Å². The quantitative estimate of drug-likeness (QED) is 0.916. The molecule has 1 aliphatic rings. The van der Waals surface area contributed by atoms with Crippen LogP contribution in [0.1, 0.15) is 22.9 Å². The molecule has 1 N–H and O–H groups in total. The van der Waals surface area contributed by atoms with E-state index in [9.17, 15) is 13.2 Å². The second kappa shape index (κ2) is 6.06. The molecule has 2 rings (SSSR count). The summed E-state index contributed by atoms with van der Waals surface area (Å²) in [5.41, 5.74) is 2.33. The van der Waals surface area contributed by atoms with Crippen molar-refractivity contribution in [1.82, 2.24) is 4.90 Å². The van der Waals surface area contributed by atoms with Gasteiger partial charge in [-0.25, -0.2) is 8.42 Å². The highest BCUT2D eigenvalue weighted by Gasteiger charge is 2.29. The summed E-state index contributed by atoms with van der Waals surface area (Å²) in [6.45, 7) is 8.62. The van der Waals surface area contributed by atoms with Gasteiger partial charge in [-0.3, -0.25) is 9.69 Å². The first-order valence-electron chi connectivity index (χ1n) is 7.00. The van der Waals surface area contributed by atoms with E-state index in [0.717, 1.165) is 10.6 Å². The van der Waals surface area contributed by atoms with Crippen molar-refractivity contribution >= 4 is 32.1 Å². The van der Waals surface area contributed by atoms with Crippen molar-refractivity contribution in [3.05, 3.63) is 16.0 Å². The molecule has 0 bridgehead atoms. The summed E-state index contributed by atoms with van der Waals surface area (Å²) < 4.78 is 23.1. The molecule has 5 nitrogen and oxygen atoms in total. The Bertz CT molecular complexity index is 649. The molecule has 0 radical (unpaired) electrons. The first kappa shape index (κ1) is 16.5. The Morgan fingerprint density at radius 2 is 2.00 bits per heavy atom. The molecule has 0 saturated carbocycles. The Morgan fingerprint density at radius 3 is 2.52 bits per heavy atom. The van der Waals surface area contributed by atoms with E-state index in [2.05, 4.69) is 5.32 Å². The first-order chi connectivity index (χ1) is 9.69. The van der Waals surface area contributed by atoms with E-state index in [1.54, 1.807) is 11.3 Å². The highest BCUT2D eigenvalue weighted by Crippen LogP contribution is 2.31. The van der Waals surface area contributed by atoms with E-state index in [1.165, 1.54) is 10.4 Å². The summed E-state index contributed by atoms with van der Waals surface area (Å²) >= 11 is 1.59. The molecular weight excluding hydrogens is 308 g/mol. The van der Waals surface area contributed by atoms with E-state index < -0.39 is 9.84 Å². The highest BCUT2D eigenvalue weighted by atomic mass is 32.2. The predicted molar refractivity (Wildman–Crippen MR) is 86.8 cm³/mol. The van der Waals surface area contributed by atoms with Gasteiger partial charge in [-0.15, -0.1) is 11.3 Å². The average Bonchev–Trinajstić information content (AvgIpc) is 2.60. The fourth-order valence-corrected chi connectivity index (χ4v) is 5.19. The van der Waals surface area contributed by atoms with Crippen molar-refractivity contribution in [2.45, 2.75) is 33.7 Å². The minimum atomic E-state index is -2.94. The zero-order valence-electron chi connectivity index (χ0n) is 12.9. The molecule has 1 fully saturated rings. The van der Waals surface area contributed by atoms with Crippen LogP contribution in [0.3, 0.4) is 0 Å². The summed E-state index contributed by atoms with van der Waals surface area (Å²) in [4.78, 5) is 15.3. The number of sulfone groups is 1. The van der Waals surface area contributed by atoms with Gasteiger partial charge in [0, 0.05) is 17.5 Å². The molecule has 1 saturated heterocycles. The predicted octanol–water partition coefficient (Wildman–Crippen LogP) is 1.73. The van der Waals surface area contributed by atoms with E-state index >= 15 is 0 Å². The minimum absolute atomic E-state index is 0.0782. The van der Waals surface area contributed by atoms with Crippen molar-refractivity contribution in [1.29, 1.82) is 0 Å². The lowest BCUT2D eigenvalue weighted by Gasteiger charge is -2.32. The highest BCUT2D eigenvalue weighted by molar-refractivity contribution is 7.91. The maximum absolute atomic E-state index is 12.2. The Labute approximate surface area is 130 Å². The van der Waals surface area contributed by atoms with Crippen LogP contribution in [0.2, 0.25) is 0 Å². The molecule has 1 amide bonds. The monoisotopic (exact) mass is 330 g/mol. The van der Waals surface area contributed by atoms with Crippen molar-refractivity contribution in [3.8, 4) is 0 Å². The number of amides is 1. The van der Waals surface area contributed by atoms with Crippen LogP contribution in [-0.4, -0.2) is 49.9 Å². The van der Waals surface area contributed by atoms with Crippen molar-refractivity contribution in [3.63, 3.8) is 0 Å². The lowest BCUT2D eigenvalue weighted by Crippen LogP contribution is -2.49. The molecule has 1 atom stereocenters. The third-order valence-corrected chi connectivity index (χ3v) is 7.11. The van der Waals surface area contributed by atoms with Crippen molar-refractivity contribution in [2.75, 3.05) is 29.9 Å². The number of aryl methyl sites for hydroxylation is 1. The van der Waals surface area contributed by atoms with Gasteiger partial charge in [0.2, 0.25) is 5.91 Å². The number of anilines is 1. The minimum Gasteiger partial charge on any atom is -0.316 e. The lowest BCUT2D eigenvalue weighted by atomic mass is 10.2. The van der Waals surface area contributed by atoms with Crippen LogP contribution >= 0.6 is 11.3 Å². The van der Waals surface area contributed by atoms with Gasteiger partial charge in [-0.2, -0.15) is 0 Å². The standard InChI is InChI=1S/C14H22N2O3S2/c1-9-8-21(18,19)6-5-16(9)7-13(17)15-14-11(3)10(2)12(4)20-14/h9H,5-8H2,1-4H3,(H,15,17). The molecule has 118 valence electrons. The van der Waals surface area contributed by atoms with Crippen LogP contribution in [0.25, 0.3) is 0 Å². The number of rotatable bonds is 3. The topological polar surface area (TPSA) is 66.5 Å². The summed E-state index contributed by atoms with van der Waals surface area (Å²) in [7, 11) is -2.94. The van der Waals surface area contributed by atoms with E-state index in [1.807, 2.05) is 32.6 Å². The third kappa shape index (κ3) is 3.84. The number of carbonyl (C=O) groups is 1. The van der Waals surface area contributed by atoms with Gasteiger partial charge in [-0.1, -0.05) is 0 Å². The van der Waals surface area contributed by atoms with Gasteiger partial charge in [0.25, 0.3) is 0 Å². The molecule has 1 aromatic heterocycles. The Kier molecular flexibility index (Phi) is 4.75. The van der Waals surface area contributed by atoms with Crippen LogP contribution in [0.15, 0.2) is 0 Å². The summed E-state index contributed by atoms with van der Waals surface area (Å²) in [6, 6.07) is -0.109. The van der Waals surface area contributed by atoms with Crippen LogP contribution in [0, 0.1) is 20.8 Å². The molecule has 7 heteroatoms. The van der Waals surface area contributed by atoms with Crippen LogP contribution in [-0.2, 0) is 14.6 Å². The number of hydrogen-bond donors (Lipinski definition) is 1. The van der Waals surface area contributed by atoms with Gasteiger partial charge in [0.1, 0.15) is 0 Å².